The minimum Gasteiger partial charge on any atom is -0.340 e. The number of benzene rings is 3. The monoisotopic (exact) mass is 470 g/mol. The van der Waals surface area contributed by atoms with Crippen molar-refractivity contribution in [3.63, 3.8) is 0 Å². The number of hydrogen-bond donors (Lipinski definition) is 0. The zero-order valence-corrected chi connectivity index (χ0v) is 20.8. The van der Waals surface area contributed by atoms with Crippen LogP contribution in [0, 0.1) is 20.8 Å². The van der Waals surface area contributed by atoms with Crippen LogP contribution in [0.1, 0.15) is 34.4 Å². The summed E-state index contributed by atoms with van der Waals surface area (Å²) in [7, 11) is -3.49. The summed E-state index contributed by atoms with van der Waals surface area (Å²) in [5.74, 6) is 0. The van der Waals surface area contributed by atoms with Crippen molar-refractivity contribution in [1.29, 1.82) is 0 Å². The number of para-hydroxylation sites is 1. The SMILES string of the molecule is Cc1ccc(S(=O)(=O)N2CC=C(c3c(C)n(Cc4ccccc4C)c4ccccc34)CC2)cc1. The lowest BCUT2D eigenvalue weighted by molar-refractivity contribution is 0.441. The van der Waals surface area contributed by atoms with E-state index in [0.29, 0.717) is 24.4 Å². The van der Waals surface area contributed by atoms with E-state index in [9.17, 15) is 8.42 Å². The van der Waals surface area contributed by atoms with Gasteiger partial charge in [0.25, 0.3) is 0 Å². The Morgan fingerprint density at radius 1 is 0.853 bits per heavy atom. The standard InChI is InChI=1S/C29H30N2O2S/c1-21-12-14-26(15-13-21)34(32,33)30-18-16-24(17-19-30)29-23(3)31(28-11-7-6-10-27(28)29)20-25-9-5-4-8-22(25)2/h4-16H,17-20H2,1-3H3. The fraction of sp³-hybridized carbons (Fsp3) is 0.241. The van der Waals surface area contributed by atoms with Crippen LogP contribution < -0.4 is 0 Å². The van der Waals surface area contributed by atoms with Crippen LogP contribution in [0.15, 0.2) is 83.8 Å². The Morgan fingerprint density at radius 2 is 1.56 bits per heavy atom. The third-order valence-corrected chi connectivity index (χ3v) is 8.85. The first-order valence-corrected chi connectivity index (χ1v) is 13.2. The molecule has 0 radical (unpaired) electrons. The lowest BCUT2D eigenvalue weighted by atomic mass is 9.97. The van der Waals surface area contributed by atoms with Gasteiger partial charge in [0.05, 0.1) is 4.90 Å². The van der Waals surface area contributed by atoms with Crippen LogP contribution in [0.25, 0.3) is 16.5 Å². The normalized spacial score (nSPS) is 15.0. The number of aryl methyl sites for hydroxylation is 2. The maximum atomic E-state index is 13.2. The van der Waals surface area contributed by atoms with Crippen LogP contribution in [0.3, 0.4) is 0 Å². The summed E-state index contributed by atoms with van der Waals surface area (Å²) in [5.41, 5.74) is 8.57. The molecule has 174 valence electrons. The Hall–Kier alpha value is -3.15. The van der Waals surface area contributed by atoms with Crippen molar-refractivity contribution in [2.24, 2.45) is 0 Å². The van der Waals surface area contributed by atoms with E-state index in [-0.39, 0.29) is 0 Å². The van der Waals surface area contributed by atoms with Crippen LogP contribution in [-0.4, -0.2) is 30.4 Å². The van der Waals surface area contributed by atoms with Crippen LogP contribution in [0.2, 0.25) is 0 Å². The van der Waals surface area contributed by atoms with Crippen molar-refractivity contribution in [3.8, 4) is 0 Å². The molecule has 0 unspecified atom stereocenters. The summed E-state index contributed by atoms with van der Waals surface area (Å²) >= 11 is 0. The van der Waals surface area contributed by atoms with Gasteiger partial charge in [-0.05, 0) is 62.1 Å². The smallest absolute Gasteiger partial charge is 0.243 e. The van der Waals surface area contributed by atoms with E-state index in [4.69, 9.17) is 0 Å². The van der Waals surface area contributed by atoms with Gasteiger partial charge in [-0.15, -0.1) is 0 Å². The molecule has 0 bridgehead atoms. The van der Waals surface area contributed by atoms with Gasteiger partial charge >= 0.3 is 0 Å². The quantitative estimate of drug-likeness (QED) is 0.354. The molecule has 4 nitrogen and oxygen atoms in total. The molecule has 0 aliphatic carbocycles. The van der Waals surface area contributed by atoms with E-state index in [1.54, 1.807) is 16.4 Å². The van der Waals surface area contributed by atoms with Crippen molar-refractivity contribution in [2.75, 3.05) is 13.1 Å². The van der Waals surface area contributed by atoms with Gasteiger partial charge < -0.3 is 4.57 Å². The molecular weight excluding hydrogens is 440 g/mol. The van der Waals surface area contributed by atoms with Gasteiger partial charge in [-0.1, -0.05) is 66.2 Å². The lowest BCUT2D eigenvalue weighted by Crippen LogP contribution is -2.34. The highest BCUT2D eigenvalue weighted by molar-refractivity contribution is 7.89. The summed E-state index contributed by atoms with van der Waals surface area (Å²) in [6, 6.07) is 24.2. The Labute approximate surface area is 202 Å². The van der Waals surface area contributed by atoms with Gasteiger partial charge in [0, 0.05) is 41.8 Å². The zero-order chi connectivity index (χ0) is 23.9. The van der Waals surface area contributed by atoms with Gasteiger partial charge in [-0.3, -0.25) is 0 Å². The fourth-order valence-corrected chi connectivity index (χ4v) is 6.33. The fourth-order valence-electron chi connectivity index (χ4n) is 4.95. The largest absolute Gasteiger partial charge is 0.340 e. The molecule has 0 atom stereocenters. The maximum Gasteiger partial charge on any atom is 0.243 e. The maximum absolute atomic E-state index is 13.2. The Bertz CT molecular complexity index is 1500. The Balaban J connectivity index is 1.50. The first-order chi connectivity index (χ1) is 16.4. The van der Waals surface area contributed by atoms with Gasteiger partial charge in [-0.2, -0.15) is 4.31 Å². The van der Waals surface area contributed by atoms with Gasteiger partial charge in [0.2, 0.25) is 10.0 Å². The number of aromatic nitrogens is 1. The highest BCUT2D eigenvalue weighted by Gasteiger charge is 2.28. The second-order valence-corrected chi connectivity index (χ2v) is 11.1. The molecule has 1 aromatic heterocycles. The molecule has 3 aromatic carbocycles. The van der Waals surface area contributed by atoms with Gasteiger partial charge in [-0.25, -0.2) is 8.42 Å². The molecule has 4 aromatic rings. The summed E-state index contributed by atoms with van der Waals surface area (Å²) in [6.07, 6.45) is 2.80. The average molecular weight is 471 g/mol. The summed E-state index contributed by atoms with van der Waals surface area (Å²) in [4.78, 5) is 0.362. The molecule has 0 spiro atoms. The second kappa shape index (κ2) is 8.90. The Kier molecular flexibility index (Phi) is 5.92. The number of hydrogen-bond acceptors (Lipinski definition) is 2. The highest BCUT2D eigenvalue weighted by atomic mass is 32.2. The molecule has 2 heterocycles. The first kappa shape index (κ1) is 22.6. The molecule has 1 aliphatic rings. The molecular formula is C29H30N2O2S. The molecule has 5 rings (SSSR count). The second-order valence-electron chi connectivity index (χ2n) is 9.15. The number of sulfonamides is 1. The van der Waals surface area contributed by atoms with Crippen LogP contribution in [-0.2, 0) is 16.6 Å². The molecule has 0 saturated carbocycles. The molecule has 0 amide bonds. The first-order valence-electron chi connectivity index (χ1n) is 11.7. The minimum atomic E-state index is -3.49. The minimum absolute atomic E-state index is 0.362. The van der Waals surface area contributed by atoms with Gasteiger partial charge in [0.15, 0.2) is 0 Å². The van der Waals surface area contributed by atoms with E-state index in [2.05, 4.69) is 73.0 Å². The molecule has 5 heteroatoms. The third kappa shape index (κ3) is 3.99. The molecule has 34 heavy (non-hydrogen) atoms. The molecule has 0 N–H and O–H groups in total. The van der Waals surface area contributed by atoms with E-state index in [1.807, 2.05) is 19.1 Å². The van der Waals surface area contributed by atoms with Crippen LogP contribution in [0.4, 0.5) is 0 Å². The molecule has 1 aliphatic heterocycles. The summed E-state index contributed by atoms with van der Waals surface area (Å²) in [6.45, 7) is 8.00. The predicted octanol–water partition coefficient (Wildman–Crippen LogP) is 6.09. The van der Waals surface area contributed by atoms with Crippen molar-refractivity contribution in [3.05, 3.63) is 107 Å². The topological polar surface area (TPSA) is 42.3 Å². The molecule has 0 fully saturated rings. The summed E-state index contributed by atoms with van der Waals surface area (Å²) < 4.78 is 30.3. The average Bonchev–Trinajstić information content (AvgIpc) is 3.12. The van der Waals surface area contributed by atoms with E-state index in [1.165, 1.54) is 38.9 Å². The third-order valence-electron chi connectivity index (χ3n) is 6.97. The lowest BCUT2D eigenvalue weighted by Gasteiger charge is -2.26. The molecule has 0 saturated heterocycles. The van der Waals surface area contributed by atoms with Gasteiger partial charge in [0.1, 0.15) is 0 Å². The highest BCUT2D eigenvalue weighted by Crippen LogP contribution is 2.36. The Morgan fingerprint density at radius 3 is 2.26 bits per heavy atom. The van der Waals surface area contributed by atoms with Crippen LogP contribution >= 0.6 is 0 Å². The van der Waals surface area contributed by atoms with Crippen molar-refractivity contribution in [2.45, 2.75) is 38.6 Å². The van der Waals surface area contributed by atoms with Crippen molar-refractivity contribution in [1.82, 2.24) is 8.87 Å². The van der Waals surface area contributed by atoms with E-state index >= 15 is 0 Å². The van der Waals surface area contributed by atoms with Crippen molar-refractivity contribution < 1.29 is 8.42 Å². The number of nitrogens with zero attached hydrogens (tertiary/aromatic N) is 2. The predicted molar refractivity (Wildman–Crippen MR) is 139 cm³/mol. The number of fused-ring (bicyclic) bond motifs is 1. The zero-order valence-electron chi connectivity index (χ0n) is 20.0. The van der Waals surface area contributed by atoms with E-state index < -0.39 is 10.0 Å². The number of rotatable bonds is 5. The van der Waals surface area contributed by atoms with E-state index in [0.717, 1.165) is 12.1 Å². The van der Waals surface area contributed by atoms with Crippen molar-refractivity contribution >= 4 is 26.5 Å². The summed E-state index contributed by atoms with van der Waals surface area (Å²) in [5, 5.41) is 1.23. The van der Waals surface area contributed by atoms with Crippen LogP contribution in [0.5, 0.6) is 0 Å².